The third kappa shape index (κ3) is 3.07. The van der Waals surface area contributed by atoms with Gasteiger partial charge in [0, 0.05) is 18.0 Å². The summed E-state index contributed by atoms with van der Waals surface area (Å²) >= 11 is 0. The topological polar surface area (TPSA) is 61.3 Å². The molecule has 0 spiro atoms. The number of nitrogens with zero attached hydrogens (tertiary/aromatic N) is 2. The Morgan fingerprint density at radius 1 is 1.11 bits per heavy atom. The molecular weight excluding hydrogens is 244 g/mol. The van der Waals surface area contributed by atoms with Gasteiger partial charge in [0.15, 0.2) is 17.3 Å². The number of methoxy groups -OCH3 is 2. The first-order valence-electron chi connectivity index (χ1n) is 5.75. The molecule has 0 saturated heterocycles. The lowest BCUT2D eigenvalue weighted by atomic mass is 10.1. The van der Waals surface area contributed by atoms with Gasteiger partial charge in [-0.25, -0.2) is 9.97 Å². The molecule has 19 heavy (non-hydrogen) atoms. The van der Waals surface area contributed by atoms with Gasteiger partial charge in [-0.2, -0.15) is 0 Å². The van der Waals surface area contributed by atoms with Gasteiger partial charge in [0.2, 0.25) is 0 Å². The Kier molecular flexibility index (Phi) is 4.07. The molecule has 1 aromatic heterocycles. The van der Waals surface area contributed by atoms with Crippen molar-refractivity contribution < 1.29 is 14.3 Å². The molecule has 0 atom stereocenters. The molecule has 5 heteroatoms. The number of hydrogen-bond acceptors (Lipinski definition) is 5. The number of aromatic nitrogens is 2. The van der Waals surface area contributed by atoms with E-state index < -0.39 is 0 Å². The average molecular weight is 258 g/mol. The highest BCUT2D eigenvalue weighted by Crippen LogP contribution is 2.27. The van der Waals surface area contributed by atoms with E-state index in [1.807, 2.05) is 0 Å². The van der Waals surface area contributed by atoms with Gasteiger partial charge in [-0.15, -0.1) is 0 Å². The minimum Gasteiger partial charge on any atom is -0.493 e. The lowest BCUT2D eigenvalue weighted by molar-refractivity contribution is 0.0990. The normalized spacial score (nSPS) is 10.0. The Hall–Kier alpha value is -2.43. The maximum atomic E-state index is 12.1. The first-order chi connectivity index (χ1) is 9.24. The zero-order chi connectivity index (χ0) is 13.7. The maximum Gasteiger partial charge on any atom is 0.170 e. The number of rotatable bonds is 5. The molecule has 0 aliphatic carbocycles. The van der Waals surface area contributed by atoms with Crippen LogP contribution in [0.2, 0.25) is 0 Å². The highest BCUT2D eigenvalue weighted by Gasteiger charge is 2.12. The molecule has 0 N–H and O–H groups in total. The van der Waals surface area contributed by atoms with Crippen LogP contribution in [0.4, 0.5) is 0 Å². The predicted octanol–water partition coefficient (Wildman–Crippen LogP) is 1.92. The molecule has 0 amide bonds. The summed E-state index contributed by atoms with van der Waals surface area (Å²) in [6.45, 7) is 0. The highest BCUT2D eigenvalue weighted by molar-refractivity contribution is 5.97. The van der Waals surface area contributed by atoms with E-state index in [4.69, 9.17) is 9.47 Å². The third-order valence-electron chi connectivity index (χ3n) is 2.64. The molecule has 0 fully saturated rings. The van der Waals surface area contributed by atoms with E-state index in [0.29, 0.717) is 22.9 Å². The van der Waals surface area contributed by atoms with E-state index in [1.54, 1.807) is 43.8 Å². The predicted molar refractivity (Wildman–Crippen MR) is 69.6 cm³/mol. The van der Waals surface area contributed by atoms with Crippen LogP contribution in [0.1, 0.15) is 16.2 Å². The summed E-state index contributed by atoms with van der Waals surface area (Å²) in [6, 6.07) is 6.78. The fourth-order valence-corrected chi connectivity index (χ4v) is 1.68. The number of benzene rings is 1. The van der Waals surface area contributed by atoms with Crippen LogP contribution in [0.5, 0.6) is 11.5 Å². The maximum absolute atomic E-state index is 12.1. The van der Waals surface area contributed by atoms with Crippen molar-refractivity contribution in [3.8, 4) is 11.5 Å². The van der Waals surface area contributed by atoms with Crippen LogP contribution >= 0.6 is 0 Å². The van der Waals surface area contributed by atoms with Crippen LogP contribution in [0.3, 0.4) is 0 Å². The van der Waals surface area contributed by atoms with Crippen molar-refractivity contribution in [1.29, 1.82) is 0 Å². The quantitative estimate of drug-likeness (QED) is 0.767. The standard InChI is InChI=1S/C14H14N2O3/c1-18-12-5-4-10(8-13(12)19-2)11(17)9-14-15-6-3-7-16-14/h3-8H,9H2,1-2H3. The van der Waals surface area contributed by atoms with E-state index in [9.17, 15) is 4.79 Å². The molecule has 0 bridgehead atoms. The van der Waals surface area contributed by atoms with Gasteiger partial charge in [0.25, 0.3) is 0 Å². The summed E-state index contributed by atoms with van der Waals surface area (Å²) in [6.07, 6.45) is 3.39. The largest absolute Gasteiger partial charge is 0.493 e. The monoisotopic (exact) mass is 258 g/mol. The number of ketones is 1. The van der Waals surface area contributed by atoms with Crippen LogP contribution in [0, 0.1) is 0 Å². The summed E-state index contributed by atoms with van der Waals surface area (Å²) in [5, 5.41) is 0. The van der Waals surface area contributed by atoms with E-state index in [-0.39, 0.29) is 12.2 Å². The number of hydrogen-bond donors (Lipinski definition) is 0. The number of Topliss-reactive ketones (excluding diaryl/α,β-unsaturated/α-hetero) is 1. The van der Waals surface area contributed by atoms with Gasteiger partial charge in [0.1, 0.15) is 5.82 Å². The van der Waals surface area contributed by atoms with Gasteiger partial charge in [0.05, 0.1) is 20.6 Å². The average Bonchev–Trinajstić information content (AvgIpc) is 2.47. The van der Waals surface area contributed by atoms with Crippen molar-refractivity contribution in [2.24, 2.45) is 0 Å². The molecule has 0 aliphatic rings. The molecule has 5 nitrogen and oxygen atoms in total. The second-order valence-corrected chi connectivity index (χ2v) is 3.83. The smallest absolute Gasteiger partial charge is 0.170 e. The third-order valence-corrected chi connectivity index (χ3v) is 2.64. The number of carbonyl (C=O) groups excluding carboxylic acids is 1. The minimum absolute atomic E-state index is 0.0628. The summed E-state index contributed by atoms with van der Waals surface area (Å²) in [7, 11) is 3.09. The SMILES string of the molecule is COc1ccc(C(=O)Cc2ncccn2)cc1OC. The van der Waals surface area contributed by atoms with Crippen molar-refractivity contribution in [2.75, 3.05) is 14.2 Å². The van der Waals surface area contributed by atoms with Gasteiger partial charge in [-0.1, -0.05) is 0 Å². The van der Waals surface area contributed by atoms with Crippen molar-refractivity contribution in [1.82, 2.24) is 9.97 Å². The van der Waals surface area contributed by atoms with Crippen LogP contribution in [-0.2, 0) is 6.42 Å². The fourth-order valence-electron chi connectivity index (χ4n) is 1.68. The van der Waals surface area contributed by atoms with Crippen LogP contribution in [0.25, 0.3) is 0 Å². The van der Waals surface area contributed by atoms with Crippen LogP contribution in [0.15, 0.2) is 36.7 Å². The Bertz CT molecular complexity index is 570. The molecule has 0 saturated carbocycles. The van der Waals surface area contributed by atoms with Gasteiger partial charge < -0.3 is 9.47 Å². The minimum atomic E-state index is -0.0628. The summed E-state index contributed by atoms with van der Waals surface area (Å²) in [5.74, 6) is 1.56. The first-order valence-corrected chi connectivity index (χ1v) is 5.75. The molecule has 1 aromatic carbocycles. The molecular formula is C14H14N2O3. The van der Waals surface area contributed by atoms with Crippen LogP contribution in [-0.4, -0.2) is 30.0 Å². The first kappa shape index (κ1) is 13.0. The van der Waals surface area contributed by atoms with Gasteiger partial charge >= 0.3 is 0 Å². The van der Waals surface area contributed by atoms with E-state index in [0.717, 1.165) is 0 Å². The van der Waals surface area contributed by atoms with Crippen molar-refractivity contribution >= 4 is 5.78 Å². The molecule has 2 rings (SSSR count). The molecule has 98 valence electrons. The Balaban J connectivity index is 2.20. The van der Waals surface area contributed by atoms with Crippen molar-refractivity contribution in [3.05, 3.63) is 48.0 Å². The Morgan fingerprint density at radius 2 is 1.79 bits per heavy atom. The Morgan fingerprint density at radius 3 is 2.42 bits per heavy atom. The summed E-state index contributed by atoms with van der Waals surface area (Å²) in [5.41, 5.74) is 0.546. The molecule has 1 heterocycles. The second kappa shape index (κ2) is 5.95. The Labute approximate surface area is 111 Å². The molecule has 0 radical (unpaired) electrons. The lowest BCUT2D eigenvalue weighted by Crippen LogP contribution is -2.07. The second-order valence-electron chi connectivity index (χ2n) is 3.83. The van der Waals surface area contributed by atoms with E-state index in [1.165, 1.54) is 7.11 Å². The zero-order valence-electron chi connectivity index (χ0n) is 10.8. The van der Waals surface area contributed by atoms with Gasteiger partial charge in [-0.3, -0.25) is 4.79 Å². The van der Waals surface area contributed by atoms with E-state index in [2.05, 4.69) is 9.97 Å². The van der Waals surface area contributed by atoms with E-state index >= 15 is 0 Å². The highest BCUT2D eigenvalue weighted by atomic mass is 16.5. The summed E-state index contributed by atoms with van der Waals surface area (Å²) in [4.78, 5) is 20.2. The van der Waals surface area contributed by atoms with Gasteiger partial charge in [-0.05, 0) is 24.3 Å². The zero-order valence-corrected chi connectivity index (χ0v) is 10.8. The van der Waals surface area contributed by atoms with Crippen LogP contribution < -0.4 is 9.47 Å². The molecule has 0 unspecified atom stereocenters. The molecule has 2 aromatic rings. The van der Waals surface area contributed by atoms with Crippen molar-refractivity contribution in [2.45, 2.75) is 6.42 Å². The summed E-state index contributed by atoms with van der Waals surface area (Å²) < 4.78 is 10.3. The number of ether oxygens (including phenoxy) is 2. The number of carbonyl (C=O) groups is 1. The van der Waals surface area contributed by atoms with Crippen molar-refractivity contribution in [3.63, 3.8) is 0 Å². The molecule has 0 aliphatic heterocycles. The fraction of sp³-hybridized carbons (Fsp3) is 0.214. The lowest BCUT2D eigenvalue weighted by Gasteiger charge is -2.08.